The molecular formula is C8H17Cl. The molecule has 0 aliphatic carbocycles. The summed E-state index contributed by atoms with van der Waals surface area (Å²) in [7, 11) is 0. The van der Waals surface area contributed by atoms with E-state index in [-0.39, 0.29) is 0 Å². The van der Waals surface area contributed by atoms with Crippen molar-refractivity contribution in [2.24, 2.45) is 0 Å². The first kappa shape index (κ1) is 9.29. The van der Waals surface area contributed by atoms with Crippen LogP contribution in [0.3, 0.4) is 0 Å². The second-order valence-electron chi connectivity index (χ2n) is 2.53. The number of hydrogen-bond acceptors (Lipinski definition) is 0. The SMILES string of the molecule is CCCCC(Cl)CCC. The van der Waals surface area contributed by atoms with E-state index >= 15 is 0 Å². The van der Waals surface area contributed by atoms with Crippen LogP contribution in [0.4, 0.5) is 0 Å². The quantitative estimate of drug-likeness (QED) is 0.523. The average Bonchev–Trinajstić information content (AvgIpc) is 1.85. The van der Waals surface area contributed by atoms with Crippen LogP contribution in [-0.4, -0.2) is 5.38 Å². The van der Waals surface area contributed by atoms with Gasteiger partial charge in [0, 0.05) is 5.38 Å². The summed E-state index contributed by atoms with van der Waals surface area (Å²) in [6.45, 7) is 4.39. The monoisotopic (exact) mass is 148 g/mol. The van der Waals surface area contributed by atoms with Gasteiger partial charge in [-0.2, -0.15) is 0 Å². The third-order valence-corrected chi connectivity index (χ3v) is 1.91. The Labute approximate surface area is 63.6 Å². The van der Waals surface area contributed by atoms with Crippen molar-refractivity contribution >= 4 is 11.6 Å². The van der Waals surface area contributed by atoms with Gasteiger partial charge in [0.15, 0.2) is 0 Å². The van der Waals surface area contributed by atoms with Crippen molar-refractivity contribution in [3.8, 4) is 0 Å². The van der Waals surface area contributed by atoms with Gasteiger partial charge in [-0.3, -0.25) is 0 Å². The molecular weight excluding hydrogens is 132 g/mol. The lowest BCUT2D eigenvalue weighted by Crippen LogP contribution is -1.96. The molecule has 0 aromatic rings. The fraction of sp³-hybridized carbons (Fsp3) is 1.00. The van der Waals surface area contributed by atoms with Gasteiger partial charge in [0.1, 0.15) is 0 Å². The molecule has 0 radical (unpaired) electrons. The molecule has 0 N–H and O–H groups in total. The van der Waals surface area contributed by atoms with E-state index in [1.54, 1.807) is 0 Å². The van der Waals surface area contributed by atoms with Gasteiger partial charge in [0.05, 0.1) is 0 Å². The Bertz CT molecular complexity index is 52.5. The highest BCUT2D eigenvalue weighted by Gasteiger charge is 1.99. The summed E-state index contributed by atoms with van der Waals surface area (Å²) < 4.78 is 0. The minimum absolute atomic E-state index is 0.440. The normalized spacial score (nSPS) is 13.7. The van der Waals surface area contributed by atoms with Crippen LogP contribution in [0.2, 0.25) is 0 Å². The van der Waals surface area contributed by atoms with Crippen LogP contribution in [0, 0.1) is 0 Å². The predicted molar refractivity (Wildman–Crippen MR) is 44.1 cm³/mol. The third kappa shape index (κ3) is 6.17. The van der Waals surface area contributed by atoms with Crippen LogP contribution in [0.1, 0.15) is 46.0 Å². The average molecular weight is 149 g/mol. The Hall–Kier alpha value is 0.290. The van der Waals surface area contributed by atoms with Crippen LogP contribution in [0.5, 0.6) is 0 Å². The van der Waals surface area contributed by atoms with Gasteiger partial charge in [-0.25, -0.2) is 0 Å². The highest BCUT2D eigenvalue weighted by Crippen LogP contribution is 2.12. The Balaban J connectivity index is 2.95. The molecule has 0 aliphatic rings. The van der Waals surface area contributed by atoms with Crippen LogP contribution in [0.15, 0.2) is 0 Å². The first-order chi connectivity index (χ1) is 4.31. The molecule has 0 heterocycles. The number of rotatable bonds is 5. The molecule has 0 aromatic heterocycles. The van der Waals surface area contributed by atoms with Gasteiger partial charge >= 0.3 is 0 Å². The van der Waals surface area contributed by atoms with Gasteiger partial charge in [-0.05, 0) is 12.8 Å². The molecule has 0 saturated carbocycles. The standard InChI is InChI=1S/C8H17Cl/c1-3-5-7-8(9)6-4-2/h8H,3-7H2,1-2H3. The fourth-order valence-electron chi connectivity index (χ4n) is 0.883. The summed E-state index contributed by atoms with van der Waals surface area (Å²) in [5.41, 5.74) is 0. The Morgan fingerprint density at radius 1 is 1.11 bits per heavy atom. The van der Waals surface area contributed by atoms with Crippen LogP contribution in [-0.2, 0) is 0 Å². The molecule has 0 aromatic carbocycles. The molecule has 0 bridgehead atoms. The molecule has 56 valence electrons. The highest BCUT2D eigenvalue weighted by molar-refractivity contribution is 6.20. The van der Waals surface area contributed by atoms with E-state index < -0.39 is 0 Å². The van der Waals surface area contributed by atoms with E-state index in [9.17, 15) is 0 Å². The molecule has 1 heteroatoms. The molecule has 0 fully saturated rings. The molecule has 9 heavy (non-hydrogen) atoms. The third-order valence-electron chi connectivity index (χ3n) is 1.47. The lowest BCUT2D eigenvalue weighted by Gasteiger charge is -2.04. The van der Waals surface area contributed by atoms with Crippen LogP contribution in [0.25, 0.3) is 0 Å². The smallest absolute Gasteiger partial charge is 0.0336 e. The van der Waals surface area contributed by atoms with Crippen molar-refractivity contribution in [1.82, 2.24) is 0 Å². The Kier molecular flexibility index (Phi) is 6.62. The van der Waals surface area contributed by atoms with E-state index in [0.29, 0.717) is 5.38 Å². The molecule has 0 saturated heterocycles. The molecule has 0 rings (SSSR count). The maximum atomic E-state index is 5.96. The lowest BCUT2D eigenvalue weighted by molar-refractivity contribution is 0.632. The van der Waals surface area contributed by atoms with E-state index in [4.69, 9.17) is 11.6 Å². The fourth-order valence-corrected chi connectivity index (χ4v) is 1.26. The van der Waals surface area contributed by atoms with Crippen molar-refractivity contribution in [1.29, 1.82) is 0 Å². The number of hydrogen-bond donors (Lipinski definition) is 0. The van der Waals surface area contributed by atoms with E-state index in [0.717, 1.165) is 0 Å². The van der Waals surface area contributed by atoms with Gasteiger partial charge in [0.2, 0.25) is 0 Å². The van der Waals surface area contributed by atoms with Gasteiger partial charge < -0.3 is 0 Å². The minimum atomic E-state index is 0.440. The van der Waals surface area contributed by atoms with Gasteiger partial charge in [-0.15, -0.1) is 11.6 Å². The van der Waals surface area contributed by atoms with E-state index in [1.807, 2.05) is 0 Å². The van der Waals surface area contributed by atoms with E-state index in [2.05, 4.69) is 13.8 Å². The van der Waals surface area contributed by atoms with Gasteiger partial charge in [0.25, 0.3) is 0 Å². The van der Waals surface area contributed by atoms with Crippen LogP contribution >= 0.6 is 11.6 Å². The zero-order valence-corrected chi connectivity index (χ0v) is 7.25. The number of unbranched alkanes of at least 4 members (excludes halogenated alkanes) is 1. The zero-order chi connectivity index (χ0) is 7.11. The first-order valence-electron chi connectivity index (χ1n) is 3.95. The summed E-state index contributed by atoms with van der Waals surface area (Å²) in [6, 6.07) is 0. The Morgan fingerprint density at radius 3 is 2.22 bits per heavy atom. The van der Waals surface area contributed by atoms with Crippen molar-refractivity contribution < 1.29 is 0 Å². The van der Waals surface area contributed by atoms with Crippen molar-refractivity contribution in [3.63, 3.8) is 0 Å². The zero-order valence-electron chi connectivity index (χ0n) is 6.49. The van der Waals surface area contributed by atoms with Crippen molar-refractivity contribution in [3.05, 3.63) is 0 Å². The predicted octanol–water partition coefficient (Wildman–Crippen LogP) is 3.58. The summed E-state index contributed by atoms with van der Waals surface area (Å²) in [4.78, 5) is 0. The van der Waals surface area contributed by atoms with Crippen molar-refractivity contribution in [2.45, 2.75) is 51.3 Å². The number of halogens is 1. The second kappa shape index (κ2) is 6.41. The second-order valence-corrected chi connectivity index (χ2v) is 3.15. The number of alkyl halides is 1. The summed E-state index contributed by atoms with van der Waals surface area (Å²) in [6.07, 6.45) is 6.16. The topological polar surface area (TPSA) is 0 Å². The van der Waals surface area contributed by atoms with Crippen molar-refractivity contribution in [2.75, 3.05) is 0 Å². The highest BCUT2D eigenvalue weighted by atomic mass is 35.5. The lowest BCUT2D eigenvalue weighted by atomic mass is 10.1. The minimum Gasteiger partial charge on any atom is -0.123 e. The molecule has 1 atom stereocenters. The molecule has 0 spiro atoms. The van der Waals surface area contributed by atoms with Gasteiger partial charge in [-0.1, -0.05) is 33.1 Å². The van der Waals surface area contributed by atoms with E-state index in [1.165, 1.54) is 32.1 Å². The summed E-state index contributed by atoms with van der Waals surface area (Å²) >= 11 is 5.96. The van der Waals surface area contributed by atoms with Crippen LogP contribution < -0.4 is 0 Å². The maximum absolute atomic E-state index is 5.96. The largest absolute Gasteiger partial charge is 0.123 e. The molecule has 0 aliphatic heterocycles. The first-order valence-corrected chi connectivity index (χ1v) is 4.39. The molecule has 0 amide bonds. The summed E-state index contributed by atoms with van der Waals surface area (Å²) in [5.74, 6) is 0. The molecule has 0 nitrogen and oxygen atoms in total. The Morgan fingerprint density at radius 2 is 1.78 bits per heavy atom. The summed E-state index contributed by atoms with van der Waals surface area (Å²) in [5, 5.41) is 0.440. The maximum Gasteiger partial charge on any atom is 0.0336 e. The molecule has 1 unspecified atom stereocenters.